The van der Waals surface area contributed by atoms with E-state index in [1.807, 2.05) is 60.7 Å². The van der Waals surface area contributed by atoms with E-state index in [0.717, 1.165) is 35.9 Å². The molecule has 0 aliphatic carbocycles. The number of anilines is 1. The predicted octanol–water partition coefficient (Wildman–Crippen LogP) is 5.00. The van der Waals surface area contributed by atoms with Crippen molar-refractivity contribution in [3.63, 3.8) is 0 Å². The number of aromatic nitrogens is 1. The SMILES string of the molecule is CC(C)(NC(=O)O)C(=O)NC(COCc1ccccc1)C(=O)N1CCC(CCc2noc3cc(NC(=O)c4ccccc4)ccc23)CC1. The summed E-state index contributed by atoms with van der Waals surface area (Å²) in [6.07, 6.45) is 1.81. The van der Waals surface area contributed by atoms with Crippen LogP contribution in [0.1, 0.15) is 54.7 Å². The highest BCUT2D eigenvalue weighted by molar-refractivity contribution is 6.05. The van der Waals surface area contributed by atoms with E-state index in [1.165, 1.54) is 13.8 Å². The van der Waals surface area contributed by atoms with E-state index >= 15 is 0 Å². The molecule has 0 saturated carbocycles. The molecule has 48 heavy (non-hydrogen) atoms. The average molecular weight is 656 g/mol. The predicted molar refractivity (Wildman–Crippen MR) is 179 cm³/mol. The maximum Gasteiger partial charge on any atom is 0.405 e. The molecule has 3 aromatic carbocycles. The molecule has 1 saturated heterocycles. The topological polar surface area (TPSA) is 163 Å². The number of likely N-dealkylation sites (tertiary alicyclic amines) is 1. The third kappa shape index (κ3) is 8.97. The van der Waals surface area contributed by atoms with Crippen molar-refractivity contribution in [1.29, 1.82) is 0 Å². The summed E-state index contributed by atoms with van der Waals surface area (Å²) >= 11 is 0. The van der Waals surface area contributed by atoms with Gasteiger partial charge >= 0.3 is 6.09 Å². The first kappa shape index (κ1) is 34.1. The minimum absolute atomic E-state index is 0.0561. The Balaban J connectivity index is 1.14. The zero-order chi connectivity index (χ0) is 34.1. The Morgan fingerprint density at radius 1 is 1.00 bits per heavy atom. The van der Waals surface area contributed by atoms with Crippen molar-refractivity contribution in [1.82, 2.24) is 20.7 Å². The third-order valence-electron chi connectivity index (χ3n) is 8.54. The van der Waals surface area contributed by atoms with Crippen LogP contribution in [-0.2, 0) is 27.4 Å². The second kappa shape index (κ2) is 15.6. The second-order valence-electron chi connectivity index (χ2n) is 12.5. The summed E-state index contributed by atoms with van der Waals surface area (Å²) in [5, 5.41) is 22.1. The Hall–Kier alpha value is -5.23. The van der Waals surface area contributed by atoms with Crippen molar-refractivity contribution in [3.05, 3.63) is 95.7 Å². The van der Waals surface area contributed by atoms with Gasteiger partial charge < -0.3 is 35.2 Å². The van der Waals surface area contributed by atoms with Gasteiger partial charge in [0.15, 0.2) is 5.58 Å². The van der Waals surface area contributed by atoms with Crippen LogP contribution in [0.15, 0.2) is 83.4 Å². The van der Waals surface area contributed by atoms with Gasteiger partial charge in [0.2, 0.25) is 11.8 Å². The lowest BCUT2D eigenvalue weighted by atomic mass is 9.91. The molecule has 1 unspecified atom stereocenters. The molecule has 1 atom stereocenters. The van der Waals surface area contributed by atoms with E-state index in [4.69, 9.17) is 14.4 Å². The maximum absolute atomic E-state index is 13.6. The van der Waals surface area contributed by atoms with Gasteiger partial charge in [-0.05, 0) is 75.3 Å². The quantitative estimate of drug-likeness (QED) is 0.156. The fraction of sp³-hybridized carbons (Fsp3) is 0.361. The summed E-state index contributed by atoms with van der Waals surface area (Å²) in [5.41, 5.74) is 2.12. The molecule has 5 rings (SSSR count). The number of benzene rings is 3. The Bertz CT molecular complexity index is 1720. The summed E-state index contributed by atoms with van der Waals surface area (Å²) < 4.78 is 11.4. The van der Waals surface area contributed by atoms with E-state index in [1.54, 1.807) is 23.1 Å². The molecular formula is C36H41N5O7. The molecule has 12 heteroatoms. The summed E-state index contributed by atoms with van der Waals surface area (Å²) in [6, 6.07) is 23.0. The van der Waals surface area contributed by atoms with Crippen LogP contribution >= 0.6 is 0 Å². The van der Waals surface area contributed by atoms with Gasteiger partial charge in [0, 0.05) is 35.8 Å². The molecule has 0 radical (unpaired) electrons. The van der Waals surface area contributed by atoms with Gasteiger partial charge in [0.1, 0.15) is 11.6 Å². The molecule has 4 N–H and O–H groups in total. The van der Waals surface area contributed by atoms with Crippen LogP contribution < -0.4 is 16.0 Å². The summed E-state index contributed by atoms with van der Waals surface area (Å²) in [4.78, 5) is 52.1. The van der Waals surface area contributed by atoms with E-state index in [0.29, 0.717) is 42.3 Å². The average Bonchev–Trinajstić information content (AvgIpc) is 3.49. The molecule has 12 nitrogen and oxygen atoms in total. The van der Waals surface area contributed by atoms with Crippen LogP contribution in [0.2, 0.25) is 0 Å². The number of nitrogens with one attached hydrogen (secondary N) is 3. The highest BCUT2D eigenvalue weighted by Gasteiger charge is 2.35. The highest BCUT2D eigenvalue weighted by atomic mass is 16.5. The van der Waals surface area contributed by atoms with Crippen LogP contribution in [0.3, 0.4) is 0 Å². The van der Waals surface area contributed by atoms with E-state index in [2.05, 4.69) is 21.1 Å². The van der Waals surface area contributed by atoms with Crippen LogP contribution in [0.25, 0.3) is 11.0 Å². The number of amides is 4. The molecule has 1 fully saturated rings. The molecule has 4 aromatic rings. The minimum Gasteiger partial charge on any atom is -0.465 e. The third-order valence-corrected chi connectivity index (χ3v) is 8.54. The number of hydrogen-bond acceptors (Lipinski definition) is 7. The number of rotatable bonds is 13. The summed E-state index contributed by atoms with van der Waals surface area (Å²) in [6.45, 7) is 4.13. The summed E-state index contributed by atoms with van der Waals surface area (Å²) in [7, 11) is 0. The van der Waals surface area contributed by atoms with Crippen LogP contribution in [0.4, 0.5) is 10.5 Å². The smallest absolute Gasteiger partial charge is 0.405 e. The number of carbonyl (C=O) groups is 4. The fourth-order valence-corrected chi connectivity index (χ4v) is 5.75. The number of carbonyl (C=O) groups excluding carboxylic acids is 3. The number of nitrogens with zero attached hydrogens (tertiary/aromatic N) is 2. The number of carboxylic acid groups (broad SMARTS) is 1. The molecule has 4 amide bonds. The molecule has 252 valence electrons. The first-order valence-corrected chi connectivity index (χ1v) is 16.1. The van der Waals surface area contributed by atoms with E-state index in [9.17, 15) is 19.2 Å². The van der Waals surface area contributed by atoms with Crippen molar-refractivity contribution in [2.75, 3.05) is 25.0 Å². The lowest BCUT2D eigenvalue weighted by molar-refractivity contribution is -0.140. The molecule has 0 spiro atoms. The van der Waals surface area contributed by atoms with E-state index in [-0.39, 0.29) is 25.0 Å². The first-order valence-electron chi connectivity index (χ1n) is 16.1. The monoisotopic (exact) mass is 655 g/mol. The largest absolute Gasteiger partial charge is 0.465 e. The molecule has 2 heterocycles. The van der Waals surface area contributed by atoms with Gasteiger partial charge in [-0.15, -0.1) is 0 Å². The number of aryl methyl sites for hydroxylation is 1. The number of fused-ring (bicyclic) bond motifs is 1. The first-order chi connectivity index (χ1) is 23.1. The normalized spacial score (nSPS) is 14.3. The molecule has 1 aliphatic heterocycles. The minimum atomic E-state index is -1.44. The van der Waals surface area contributed by atoms with Crippen molar-refractivity contribution >= 4 is 40.5 Å². The highest BCUT2D eigenvalue weighted by Crippen LogP contribution is 2.27. The zero-order valence-corrected chi connectivity index (χ0v) is 27.1. The Morgan fingerprint density at radius 2 is 1.69 bits per heavy atom. The Kier molecular flexibility index (Phi) is 11.1. The lowest BCUT2D eigenvalue weighted by Crippen LogP contribution is -2.60. The van der Waals surface area contributed by atoms with Gasteiger partial charge in [0.25, 0.3) is 5.91 Å². The molecular weight excluding hydrogens is 614 g/mol. The van der Waals surface area contributed by atoms with Gasteiger partial charge in [-0.25, -0.2) is 4.79 Å². The number of hydrogen-bond donors (Lipinski definition) is 4. The van der Waals surface area contributed by atoms with Crippen LogP contribution in [-0.4, -0.2) is 70.3 Å². The molecule has 0 bridgehead atoms. The zero-order valence-electron chi connectivity index (χ0n) is 27.1. The van der Waals surface area contributed by atoms with Crippen molar-refractivity contribution in [2.24, 2.45) is 5.92 Å². The van der Waals surface area contributed by atoms with Gasteiger partial charge in [-0.1, -0.05) is 53.7 Å². The van der Waals surface area contributed by atoms with Gasteiger partial charge in [-0.3, -0.25) is 14.4 Å². The maximum atomic E-state index is 13.6. The number of piperidine rings is 1. The molecule has 1 aromatic heterocycles. The lowest BCUT2D eigenvalue weighted by Gasteiger charge is -2.35. The standard InChI is InChI=1S/C36H41N5O7/c1-36(2,39-35(45)46)34(44)38-30(23-47-22-25-9-5-3-6-10-25)33(43)41-19-17-24(18-20-41)13-16-29-28-15-14-27(21-31(28)48-40-29)37-32(42)26-11-7-4-8-12-26/h3-12,14-15,21,24,30,39H,13,16-20,22-23H2,1-2H3,(H,37,42)(H,38,44)(H,45,46). The second-order valence-corrected chi connectivity index (χ2v) is 12.5. The van der Waals surface area contributed by atoms with Crippen LogP contribution in [0, 0.1) is 5.92 Å². The van der Waals surface area contributed by atoms with Crippen molar-refractivity contribution in [3.8, 4) is 0 Å². The van der Waals surface area contributed by atoms with Crippen LogP contribution in [0.5, 0.6) is 0 Å². The Labute approximate surface area is 278 Å². The molecule has 1 aliphatic rings. The van der Waals surface area contributed by atoms with Crippen molar-refractivity contribution < 1.29 is 33.5 Å². The fourth-order valence-electron chi connectivity index (χ4n) is 5.75. The van der Waals surface area contributed by atoms with Gasteiger partial charge in [-0.2, -0.15) is 0 Å². The van der Waals surface area contributed by atoms with Gasteiger partial charge in [0.05, 0.1) is 18.9 Å². The number of ether oxygens (including phenoxy) is 1. The van der Waals surface area contributed by atoms with Crippen molar-refractivity contribution in [2.45, 2.75) is 57.7 Å². The van der Waals surface area contributed by atoms with E-state index < -0.39 is 23.6 Å². The summed E-state index contributed by atoms with van der Waals surface area (Å²) in [5.74, 6) is -0.719. The Morgan fingerprint density at radius 3 is 2.38 bits per heavy atom.